The van der Waals surface area contributed by atoms with E-state index >= 15 is 0 Å². The van der Waals surface area contributed by atoms with Crippen LogP contribution < -0.4 is 5.56 Å². The van der Waals surface area contributed by atoms with Crippen molar-refractivity contribution >= 4 is 5.78 Å². The fourth-order valence-corrected chi connectivity index (χ4v) is 2.65. The van der Waals surface area contributed by atoms with Gasteiger partial charge in [-0.25, -0.2) is 9.97 Å². The van der Waals surface area contributed by atoms with Crippen LogP contribution in [0.4, 0.5) is 0 Å². The molecule has 0 spiro atoms. The SMILES string of the molecule is O=c1c(-c2ccccc2)c(-c2ccccc2)nc2ncccn12. The van der Waals surface area contributed by atoms with Crippen molar-refractivity contribution in [1.82, 2.24) is 14.4 Å². The summed E-state index contributed by atoms with van der Waals surface area (Å²) in [5.41, 5.74) is 2.87. The zero-order valence-corrected chi connectivity index (χ0v) is 12.3. The largest absolute Gasteiger partial charge is 0.268 e. The first-order valence-corrected chi connectivity index (χ1v) is 7.33. The standard InChI is InChI=1S/C19H13N3O/c23-18-16(14-8-3-1-4-9-14)17(15-10-5-2-6-11-15)21-19-20-12-7-13-22(18)19/h1-13H. The van der Waals surface area contributed by atoms with Crippen LogP contribution in [0.25, 0.3) is 28.2 Å². The second kappa shape index (κ2) is 5.50. The van der Waals surface area contributed by atoms with E-state index in [-0.39, 0.29) is 5.56 Å². The molecule has 4 nitrogen and oxygen atoms in total. The third-order valence-electron chi connectivity index (χ3n) is 3.72. The predicted molar refractivity (Wildman–Crippen MR) is 90.1 cm³/mol. The summed E-state index contributed by atoms with van der Waals surface area (Å²) in [6.45, 7) is 0. The summed E-state index contributed by atoms with van der Waals surface area (Å²) in [5, 5.41) is 0. The van der Waals surface area contributed by atoms with Crippen LogP contribution >= 0.6 is 0 Å². The molecule has 0 radical (unpaired) electrons. The van der Waals surface area contributed by atoms with Gasteiger partial charge in [-0.15, -0.1) is 0 Å². The highest BCUT2D eigenvalue weighted by Gasteiger charge is 2.16. The monoisotopic (exact) mass is 299 g/mol. The van der Waals surface area contributed by atoms with Crippen LogP contribution in [0.15, 0.2) is 83.9 Å². The van der Waals surface area contributed by atoms with Gasteiger partial charge in [-0.05, 0) is 11.6 Å². The van der Waals surface area contributed by atoms with Crippen LogP contribution in [0.1, 0.15) is 0 Å². The smallest absolute Gasteiger partial charge is 0.267 e. The highest BCUT2D eigenvalue weighted by molar-refractivity contribution is 5.81. The summed E-state index contributed by atoms with van der Waals surface area (Å²) in [7, 11) is 0. The number of hydrogen-bond acceptors (Lipinski definition) is 3. The van der Waals surface area contributed by atoms with Gasteiger partial charge in [0.15, 0.2) is 0 Å². The molecule has 0 N–H and O–H groups in total. The molecule has 4 heteroatoms. The van der Waals surface area contributed by atoms with E-state index in [9.17, 15) is 4.79 Å². The minimum atomic E-state index is -0.117. The van der Waals surface area contributed by atoms with Crippen molar-refractivity contribution in [2.45, 2.75) is 0 Å². The van der Waals surface area contributed by atoms with Gasteiger partial charge < -0.3 is 0 Å². The Hall–Kier alpha value is -3.27. The highest BCUT2D eigenvalue weighted by atomic mass is 16.1. The van der Waals surface area contributed by atoms with E-state index < -0.39 is 0 Å². The van der Waals surface area contributed by atoms with Crippen molar-refractivity contribution in [1.29, 1.82) is 0 Å². The predicted octanol–water partition coefficient (Wildman–Crippen LogP) is 3.42. The Morgan fingerprint density at radius 3 is 2.13 bits per heavy atom. The minimum absolute atomic E-state index is 0.117. The van der Waals surface area contributed by atoms with E-state index in [4.69, 9.17) is 0 Å². The van der Waals surface area contributed by atoms with Crippen LogP contribution in [0, 0.1) is 0 Å². The molecule has 0 aliphatic carbocycles. The molecule has 4 aromatic rings. The lowest BCUT2D eigenvalue weighted by atomic mass is 10.0. The van der Waals surface area contributed by atoms with Crippen molar-refractivity contribution in [3.8, 4) is 22.4 Å². The van der Waals surface area contributed by atoms with Crippen LogP contribution in [-0.2, 0) is 0 Å². The van der Waals surface area contributed by atoms with Crippen LogP contribution in [0.2, 0.25) is 0 Å². The van der Waals surface area contributed by atoms with E-state index in [0.29, 0.717) is 17.0 Å². The minimum Gasteiger partial charge on any atom is -0.268 e. The Kier molecular flexibility index (Phi) is 3.20. The molecule has 0 unspecified atom stereocenters. The summed E-state index contributed by atoms with van der Waals surface area (Å²) in [5.74, 6) is 0.399. The summed E-state index contributed by atoms with van der Waals surface area (Å²) in [6.07, 6.45) is 3.33. The summed E-state index contributed by atoms with van der Waals surface area (Å²) in [4.78, 5) is 21.9. The summed E-state index contributed by atoms with van der Waals surface area (Å²) < 4.78 is 1.48. The van der Waals surface area contributed by atoms with Gasteiger partial charge in [-0.3, -0.25) is 9.20 Å². The van der Waals surface area contributed by atoms with Gasteiger partial charge in [0.2, 0.25) is 5.78 Å². The van der Waals surface area contributed by atoms with Crippen molar-refractivity contribution in [2.24, 2.45) is 0 Å². The normalized spacial score (nSPS) is 10.8. The van der Waals surface area contributed by atoms with E-state index in [1.54, 1.807) is 18.5 Å². The molecule has 0 fully saturated rings. The Morgan fingerprint density at radius 1 is 0.783 bits per heavy atom. The average Bonchev–Trinajstić information content (AvgIpc) is 2.63. The lowest BCUT2D eigenvalue weighted by Crippen LogP contribution is -2.19. The number of rotatable bonds is 2. The molecule has 23 heavy (non-hydrogen) atoms. The maximum atomic E-state index is 13.0. The molecule has 0 saturated carbocycles. The van der Waals surface area contributed by atoms with Gasteiger partial charge in [0.1, 0.15) is 0 Å². The molecule has 0 amide bonds. The third-order valence-corrected chi connectivity index (χ3v) is 3.72. The summed E-state index contributed by atoms with van der Waals surface area (Å²) in [6, 6.07) is 21.1. The maximum absolute atomic E-state index is 13.0. The first-order valence-electron chi connectivity index (χ1n) is 7.33. The molecule has 0 bridgehead atoms. The number of fused-ring (bicyclic) bond motifs is 1. The van der Waals surface area contributed by atoms with Crippen LogP contribution in [0.3, 0.4) is 0 Å². The fourth-order valence-electron chi connectivity index (χ4n) is 2.65. The van der Waals surface area contributed by atoms with Gasteiger partial charge in [-0.1, -0.05) is 60.7 Å². The zero-order chi connectivity index (χ0) is 15.6. The van der Waals surface area contributed by atoms with Crippen molar-refractivity contribution < 1.29 is 0 Å². The Labute approximate surface area is 132 Å². The molecule has 2 heterocycles. The molecule has 0 aliphatic heterocycles. The van der Waals surface area contributed by atoms with Gasteiger partial charge in [0, 0.05) is 18.0 Å². The molecule has 2 aromatic carbocycles. The second-order valence-electron chi connectivity index (χ2n) is 5.16. The zero-order valence-electron chi connectivity index (χ0n) is 12.3. The number of hydrogen-bond donors (Lipinski definition) is 0. The second-order valence-corrected chi connectivity index (χ2v) is 5.16. The molecular formula is C19H13N3O. The fraction of sp³-hybridized carbons (Fsp3) is 0. The Balaban J connectivity index is 2.14. The first-order chi connectivity index (χ1) is 11.3. The lowest BCUT2D eigenvalue weighted by molar-refractivity contribution is 1.00. The topological polar surface area (TPSA) is 47.3 Å². The number of benzene rings is 2. The highest BCUT2D eigenvalue weighted by Crippen LogP contribution is 2.27. The van der Waals surface area contributed by atoms with Gasteiger partial charge in [0.05, 0.1) is 11.3 Å². The number of nitrogens with zero attached hydrogens (tertiary/aromatic N) is 3. The lowest BCUT2D eigenvalue weighted by Gasteiger charge is -2.10. The molecule has 2 aromatic heterocycles. The van der Waals surface area contributed by atoms with E-state index in [1.165, 1.54) is 4.40 Å². The van der Waals surface area contributed by atoms with E-state index in [1.807, 2.05) is 60.7 Å². The van der Waals surface area contributed by atoms with Crippen LogP contribution in [0.5, 0.6) is 0 Å². The molecule has 110 valence electrons. The van der Waals surface area contributed by atoms with Gasteiger partial charge in [0.25, 0.3) is 5.56 Å². The molecule has 4 rings (SSSR count). The maximum Gasteiger partial charge on any atom is 0.267 e. The molecule has 0 atom stereocenters. The van der Waals surface area contributed by atoms with E-state index in [2.05, 4.69) is 9.97 Å². The molecular weight excluding hydrogens is 286 g/mol. The van der Waals surface area contributed by atoms with Crippen LogP contribution in [-0.4, -0.2) is 14.4 Å². The number of aromatic nitrogens is 3. The third kappa shape index (κ3) is 2.30. The van der Waals surface area contributed by atoms with Gasteiger partial charge in [-0.2, -0.15) is 0 Å². The van der Waals surface area contributed by atoms with Crippen molar-refractivity contribution in [3.63, 3.8) is 0 Å². The molecule has 0 saturated heterocycles. The first kappa shape index (κ1) is 13.4. The quantitative estimate of drug-likeness (QED) is 0.570. The Morgan fingerprint density at radius 2 is 1.43 bits per heavy atom. The van der Waals surface area contributed by atoms with E-state index in [0.717, 1.165) is 11.1 Å². The van der Waals surface area contributed by atoms with Gasteiger partial charge >= 0.3 is 0 Å². The Bertz CT molecular complexity index is 1020. The summed E-state index contributed by atoms with van der Waals surface area (Å²) >= 11 is 0. The van der Waals surface area contributed by atoms with Crippen molar-refractivity contribution in [3.05, 3.63) is 89.5 Å². The van der Waals surface area contributed by atoms with Crippen molar-refractivity contribution in [2.75, 3.05) is 0 Å². The average molecular weight is 299 g/mol. The molecule has 0 aliphatic rings.